The lowest BCUT2D eigenvalue weighted by Gasteiger charge is -2.18. The standard InChI is InChI=1S/C22H25N3O4/c1-5-18(28-19-8-6-7-14(2)15(19)3)22(26)23-13-20-24-21(25-29-20)16-9-11-17(27-4)12-10-16/h6-12,18H,5,13H2,1-4H3,(H,23,26)/t18-/m0/s1. The second kappa shape index (κ2) is 9.23. The summed E-state index contributed by atoms with van der Waals surface area (Å²) in [5.41, 5.74) is 2.95. The number of hydrogen-bond acceptors (Lipinski definition) is 6. The molecule has 1 atom stereocenters. The van der Waals surface area contributed by atoms with Crippen molar-refractivity contribution >= 4 is 5.91 Å². The molecule has 0 fully saturated rings. The molecule has 0 aliphatic rings. The van der Waals surface area contributed by atoms with Gasteiger partial charge in [-0.1, -0.05) is 24.2 Å². The van der Waals surface area contributed by atoms with Crippen LogP contribution in [0.2, 0.25) is 0 Å². The van der Waals surface area contributed by atoms with Gasteiger partial charge < -0.3 is 19.3 Å². The maximum absolute atomic E-state index is 12.6. The summed E-state index contributed by atoms with van der Waals surface area (Å²) in [4.78, 5) is 16.9. The Bertz CT molecular complexity index is 966. The van der Waals surface area contributed by atoms with E-state index in [1.165, 1.54) is 0 Å². The number of nitrogens with one attached hydrogen (secondary N) is 1. The number of aryl methyl sites for hydroxylation is 1. The molecule has 1 aromatic heterocycles. The lowest BCUT2D eigenvalue weighted by atomic mass is 10.1. The minimum atomic E-state index is -0.598. The van der Waals surface area contributed by atoms with Crippen molar-refractivity contribution in [3.63, 3.8) is 0 Å². The van der Waals surface area contributed by atoms with Gasteiger partial charge in [-0.25, -0.2) is 0 Å². The molecule has 3 rings (SSSR count). The smallest absolute Gasteiger partial charge is 0.261 e. The quantitative estimate of drug-likeness (QED) is 0.624. The Morgan fingerprint density at radius 3 is 2.62 bits per heavy atom. The van der Waals surface area contributed by atoms with Crippen LogP contribution in [0.1, 0.15) is 30.4 Å². The molecule has 3 aromatic rings. The van der Waals surface area contributed by atoms with Crippen LogP contribution in [0.25, 0.3) is 11.4 Å². The number of amides is 1. The molecule has 0 aliphatic heterocycles. The topological polar surface area (TPSA) is 86.5 Å². The van der Waals surface area contributed by atoms with Gasteiger partial charge in [0.05, 0.1) is 13.7 Å². The van der Waals surface area contributed by atoms with Gasteiger partial charge in [0.15, 0.2) is 6.10 Å². The van der Waals surface area contributed by atoms with Crippen molar-refractivity contribution < 1.29 is 18.8 Å². The minimum absolute atomic E-state index is 0.134. The molecule has 29 heavy (non-hydrogen) atoms. The number of hydrogen-bond donors (Lipinski definition) is 1. The number of carbonyl (C=O) groups is 1. The van der Waals surface area contributed by atoms with Gasteiger partial charge in [0, 0.05) is 5.56 Å². The Morgan fingerprint density at radius 1 is 1.17 bits per heavy atom. The summed E-state index contributed by atoms with van der Waals surface area (Å²) < 4.78 is 16.3. The molecule has 1 heterocycles. The van der Waals surface area contributed by atoms with Gasteiger partial charge >= 0.3 is 0 Å². The van der Waals surface area contributed by atoms with Gasteiger partial charge in [0.25, 0.3) is 5.91 Å². The lowest BCUT2D eigenvalue weighted by molar-refractivity contribution is -0.128. The van der Waals surface area contributed by atoms with E-state index in [9.17, 15) is 4.79 Å². The highest BCUT2D eigenvalue weighted by Gasteiger charge is 2.20. The minimum Gasteiger partial charge on any atom is -0.497 e. The summed E-state index contributed by atoms with van der Waals surface area (Å²) in [5, 5.41) is 6.77. The summed E-state index contributed by atoms with van der Waals surface area (Å²) in [6.45, 7) is 6.03. The van der Waals surface area contributed by atoms with Crippen LogP contribution >= 0.6 is 0 Å². The zero-order valence-corrected chi connectivity index (χ0v) is 17.1. The fourth-order valence-corrected chi connectivity index (χ4v) is 2.79. The van der Waals surface area contributed by atoms with Crippen LogP contribution < -0.4 is 14.8 Å². The molecule has 7 nitrogen and oxygen atoms in total. The van der Waals surface area contributed by atoms with Crippen molar-refractivity contribution in [2.75, 3.05) is 7.11 Å². The Balaban J connectivity index is 1.60. The van der Waals surface area contributed by atoms with Gasteiger partial charge in [-0.2, -0.15) is 4.98 Å². The number of benzene rings is 2. The molecule has 1 amide bonds. The van der Waals surface area contributed by atoms with E-state index in [4.69, 9.17) is 14.0 Å². The summed E-state index contributed by atoms with van der Waals surface area (Å²) in [6, 6.07) is 13.1. The number of rotatable bonds is 8. The Kier molecular flexibility index (Phi) is 6.49. The second-order valence-corrected chi connectivity index (χ2v) is 6.67. The van der Waals surface area contributed by atoms with Crippen molar-refractivity contribution in [2.24, 2.45) is 0 Å². The Morgan fingerprint density at radius 2 is 1.93 bits per heavy atom. The van der Waals surface area contributed by atoms with Gasteiger partial charge in [-0.05, 0) is 61.7 Å². The van der Waals surface area contributed by atoms with E-state index in [1.54, 1.807) is 7.11 Å². The SMILES string of the molecule is CC[C@H](Oc1cccc(C)c1C)C(=O)NCc1nc(-c2ccc(OC)cc2)no1. The van der Waals surface area contributed by atoms with Crippen molar-refractivity contribution in [1.29, 1.82) is 0 Å². The van der Waals surface area contributed by atoms with Crippen LogP contribution in [0.5, 0.6) is 11.5 Å². The zero-order chi connectivity index (χ0) is 20.8. The van der Waals surface area contributed by atoms with E-state index in [0.29, 0.717) is 23.9 Å². The van der Waals surface area contributed by atoms with E-state index in [-0.39, 0.29) is 12.5 Å². The van der Waals surface area contributed by atoms with E-state index >= 15 is 0 Å². The molecule has 0 spiro atoms. The van der Waals surface area contributed by atoms with E-state index < -0.39 is 6.10 Å². The van der Waals surface area contributed by atoms with Crippen molar-refractivity contribution in [2.45, 2.75) is 39.8 Å². The maximum atomic E-state index is 12.6. The molecule has 7 heteroatoms. The number of carbonyl (C=O) groups excluding carboxylic acids is 1. The van der Waals surface area contributed by atoms with Crippen molar-refractivity contribution in [3.8, 4) is 22.9 Å². The van der Waals surface area contributed by atoms with Crippen LogP contribution in [0.15, 0.2) is 47.0 Å². The van der Waals surface area contributed by atoms with Crippen LogP contribution in [-0.4, -0.2) is 29.3 Å². The summed E-state index contributed by atoms with van der Waals surface area (Å²) in [7, 11) is 1.61. The summed E-state index contributed by atoms with van der Waals surface area (Å²) in [5.74, 6) is 2.02. The first-order chi connectivity index (χ1) is 14.0. The van der Waals surface area contributed by atoms with Gasteiger partial charge in [-0.3, -0.25) is 4.79 Å². The molecular formula is C22H25N3O4. The van der Waals surface area contributed by atoms with Crippen molar-refractivity contribution in [3.05, 3.63) is 59.5 Å². The van der Waals surface area contributed by atoms with Crippen LogP contribution in [-0.2, 0) is 11.3 Å². The highest BCUT2D eigenvalue weighted by atomic mass is 16.5. The number of methoxy groups -OCH3 is 1. The third kappa shape index (κ3) is 4.93. The maximum Gasteiger partial charge on any atom is 0.261 e. The van der Waals surface area contributed by atoms with E-state index in [0.717, 1.165) is 22.4 Å². The third-order valence-electron chi connectivity index (χ3n) is 4.72. The normalized spacial score (nSPS) is 11.7. The largest absolute Gasteiger partial charge is 0.497 e. The van der Waals surface area contributed by atoms with Crippen LogP contribution in [0, 0.1) is 13.8 Å². The molecule has 0 radical (unpaired) electrons. The fraction of sp³-hybridized carbons (Fsp3) is 0.318. The zero-order valence-electron chi connectivity index (χ0n) is 17.1. The predicted molar refractivity (Wildman–Crippen MR) is 109 cm³/mol. The first kappa shape index (κ1) is 20.4. The first-order valence-electron chi connectivity index (χ1n) is 9.49. The van der Waals surface area contributed by atoms with Crippen molar-refractivity contribution in [1.82, 2.24) is 15.5 Å². The van der Waals surface area contributed by atoms with Crippen LogP contribution in [0.4, 0.5) is 0 Å². The molecule has 0 bridgehead atoms. The molecular weight excluding hydrogens is 370 g/mol. The van der Waals surface area contributed by atoms with E-state index in [1.807, 2.05) is 63.2 Å². The van der Waals surface area contributed by atoms with E-state index in [2.05, 4.69) is 15.5 Å². The highest BCUT2D eigenvalue weighted by Crippen LogP contribution is 2.23. The number of ether oxygens (including phenoxy) is 2. The molecule has 0 saturated heterocycles. The molecule has 1 N–H and O–H groups in total. The molecule has 0 unspecified atom stereocenters. The third-order valence-corrected chi connectivity index (χ3v) is 4.72. The summed E-state index contributed by atoms with van der Waals surface area (Å²) >= 11 is 0. The van der Waals surface area contributed by atoms with Gasteiger partial charge in [0.2, 0.25) is 11.7 Å². The monoisotopic (exact) mass is 395 g/mol. The number of nitrogens with zero attached hydrogens (tertiary/aromatic N) is 2. The average molecular weight is 395 g/mol. The predicted octanol–water partition coefficient (Wildman–Crippen LogP) is 3.84. The lowest BCUT2D eigenvalue weighted by Crippen LogP contribution is -2.37. The number of aromatic nitrogens is 2. The second-order valence-electron chi connectivity index (χ2n) is 6.67. The van der Waals surface area contributed by atoms with Crippen LogP contribution in [0.3, 0.4) is 0 Å². The fourth-order valence-electron chi connectivity index (χ4n) is 2.79. The van der Waals surface area contributed by atoms with Gasteiger partial charge in [0.1, 0.15) is 11.5 Å². The first-order valence-corrected chi connectivity index (χ1v) is 9.49. The molecule has 152 valence electrons. The molecule has 2 aromatic carbocycles. The average Bonchev–Trinajstić information content (AvgIpc) is 3.22. The summed E-state index contributed by atoms with van der Waals surface area (Å²) in [6.07, 6.45) is -0.0559. The Labute approximate surface area is 170 Å². The highest BCUT2D eigenvalue weighted by molar-refractivity contribution is 5.81. The Hall–Kier alpha value is -3.35. The molecule has 0 aliphatic carbocycles. The molecule has 0 saturated carbocycles. The van der Waals surface area contributed by atoms with Gasteiger partial charge in [-0.15, -0.1) is 0 Å².